The van der Waals surface area contributed by atoms with Gasteiger partial charge in [-0.15, -0.1) is 11.3 Å². The van der Waals surface area contributed by atoms with Crippen LogP contribution in [0.25, 0.3) is 0 Å². The van der Waals surface area contributed by atoms with Crippen LogP contribution in [0.4, 0.5) is 0 Å². The third-order valence-electron chi connectivity index (χ3n) is 4.48. The zero-order valence-corrected chi connectivity index (χ0v) is 12.2. The maximum absolute atomic E-state index is 6.67. The van der Waals surface area contributed by atoms with Gasteiger partial charge in [0.25, 0.3) is 0 Å². The molecule has 18 heavy (non-hydrogen) atoms. The predicted molar refractivity (Wildman–Crippen MR) is 75.9 cm³/mol. The third-order valence-corrected chi connectivity index (χ3v) is 5.56. The Morgan fingerprint density at radius 2 is 2.33 bits per heavy atom. The smallest absolute Gasteiger partial charge is 0.113 e. The average molecular weight is 265 g/mol. The molecular weight excluding hydrogens is 242 g/mol. The van der Waals surface area contributed by atoms with Crippen molar-refractivity contribution in [2.45, 2.75) is 57.0 Å². The maximum Gasteiger partial charge on any atom is 0.113 e. The van der Waals surface area contributed by atoms with Crippen molar-refractivity contribution in [3.63, 3.8) is 0 Å². The number of nitrogens with zero attached hydrogens (tertiary/aromatic N) is 2. The second-order valence-electron chi connectivity index (χ2n) is 6.17. The van der Waals surface area contributed by atoms with Crippen LogP contribution in [-0.2, 0) is 5.54 Å². The first-order chi connectivity index (χ1) is 8.58. The summed E-state index contributed by atoms with van der Waals surface area (Å²) < 4.78 is 0. The highest BCUT2D eigenvalue weighted by Crippen LogP contribution is 2.39. The van der Waals surface area contributed by atoms with E-state index in [4.69, 9.17) is 10.7 Å². The van der Waals surface area contributed by atoms with Crippen LogP contribution in [0, 0.1) is 0 Å². The highest BCUT2D eigenvalue weighted by molar-refractivity contribution is 7.09. The Bertz CT molecular complexity index is 428. The second kappa shape index (κ2) is 4.58. The molecule has 2 atom stereocenters. The molecule has 3 heterocycles. The van der Waals surface area contributed by atoms with Crippen LogP contribution in [-0.4, -0.2) is 29.0 Å². The molecule has 2 aliphatic rings. The van der Waals surface area contributed by atoms with E-state index < -0.39 is 0 Å². The Morgan fingerprint density at radius 3 is 3.06 bits per heavy atom. The van der Waals surface area contributed by atoms with Crippen molar-refractivity contribution in [1.82, 2.24) is 9.88 Å². The summed E-state index contributed by atoms with van der Waals surface area (Å²) in [6.07, 6.45) is 4.82. The first kappa shape index (κ1) is 12.6. The molecule has 0 aliphatic carbocycles. The lowest BCUT2D eigenvalue weighted by Gasteiger charge is -2.40. The minimum absolute atomic E-state index is 0.163. The van der Waals surface area contributed by atoms with Gasteiger partial charge in [0.15, 0.2) is 0 Å². The molecule has 0 aromatic carbocycles. The summed E-state index contributed by atoms with van der Waals surface area (Å²) in [6.45, 7) is 6.82. The van der Waals surface area contributed by atoms with Gasteiger partial charge in [-0.25, -0.2) is 4.98 Å². The largest absolute Gasteiger partial charge is 0.319 e. The summed E-state index contributed by atoms with van der Waals surface area (Å²) in [5, 5.41) is 3.35. The van der Waals surface area contributed by atoms with Gasteiger partial charge in [-0.3, -0.25) is 0 Å². The third kappa shape index (κ3) is 2.10. The van der Waals surface area contributed by atoms with Crippen molar-refractivity contribution in [2.75, 3.05) is 13.1 Å². The van der Waals surface area contributed by atoms with E-state index in [0.717, 1.165) is 24.4 Å². The molecule has 2 N–H and O–H groups in total. The summed E-state index contributed by atoms with van der Waals surface area (Å²) in [7, 11) is 0. The summed E-state index contributed by atoms with van der Waals surface area (Å²) >= 11 is 1.76. The minimum Gasteiger partial charge on any atom is -0.319 e. The fourth-order valence-electron chi connectivity index (χ4n) is 3.26. The van der Waals surface area contributed by atoms with Crippen molar-refractivity contribution in [2.24, 2.45) is 5.73 Å². The number of nitrogens with two attached hydrogens (primary N) is 1. The van der Waals surface area contributed by atoms with E-state index in [1.165, 1.54) is 25.1 Å². The zero-order chi connectivity index (χ0) is 12.8. The van der Waals surface area contributed by atoms with E-state index >= 15 is 0 Å². The number of hydrogen-bond donors (Lipinski definition) is 1. The number of aromatic nitrogens is 1. The van der Waals surface area contributed by atoms with Crippen molar-refractivity contribution >= 4 is 11.3 Å². The molecule has 1 aromatic heterocycles. The Kier molecular flexibility index (Phi) is 3.20. The molecule has 3 nitrogen and oxygen atoms in total. The van der Waals surface area contributed by atoms with Gasteiger partial charge in [-0.05, 0) is 38.1 Å². The average Bonchev–Trinajstić information content (AvgIpc) is 2.96. The Balaban J connectivity index is 1.81. The van der Waals surface area contributed by atoms with Gasteiger partial charge >= 0.3 is 0 Å². The highest BCUT2D eigenvalue weighted by Gasteiger charge is 2.41. The summed E-state index contributed by atoms with van der Waals surface area (Å²) in [5.74, 6) is 0.505. The Morgan fingerprint density at radius 1 is 1.50 bits per heavy atom. The van der Waals surface area contributed by atoms with Gasteiger partial charge in [-0.2, -0.15) is 0 Å². The van der Waals surface area contributed by atoms with Crippen LogP contribution in [0.5, 0.6) is 0 Å². The van der Waals surface area contributed by atoms with Crippen LogP contribution < -0.4 is 5.73 Å². The summed E-state index contributed by atoms with van der Waals surface area (Å²) in [5.41, 5.74) is 7.71. The molecule has 0 radical (unpaired) electrons. The van der Waals surface area contributed by atoms with Crippen molar-refractivity contribution in [3.05, 3.63) is 16.1 Å². The van der Waals surface area contributed by atoms with E-state index in [1.54, 1.807) is 11.3 Å². The molecule has 2 unspecified atom stereocenters. The van der Waals surface area contributed by atoms with Gasteiger partial charge in [0.1, 0.15) is 5.01 Å². The van der Waals surface area contributed by atoms with Crippen molar-refractivity contribution in [3.8, 4) is 0 Å². The van der Waals surface area contributed by atoms with E-state index in [2.05, 4.69) is 24.1 Å². The van der Waals surface area contributed by atoms with Crippen molar-refractivity contribution in [1.29, 1.82) is 0 Å². The van der Waals surface area contributed by atoms with E-state index in [9.17, 15) is 0 Å². The van der Waals surface area contributed by atoms with Gasteiger partial charge < -0.3 is 10.6 Å². The topological polar surface area (TPSA) is 42.1 Å². The summed E-state index contributed by atoms with van der Waals surface area (Å²) in [4.78, 5) is 7.41. The Hall–Kier alpha value is -0.450. The molecule has 2 fully saturated rings. The molecular formula is C14H23N3S. The number of fused-ring (bicyclic) bond motifs is 1. The molecule has 1 aromatic rings. The SMILES string of the molecule is CC(C)c1csc(C2(N)CCN3CCCC3C2)n1. The van der Waals surface area contributed by atoms with Crippen LogP contribution in [0.1, 0.15) is 56.2 Å². The molecule has 0 spiro atoms. The lowest BCUT2D eigenvalue weighted by molar-refractivity contribution is 0.130. The highest BCUT2D eigenvalue weighted by atomic mass is 32.1. The van der Waals surface area contributed by atoms with Crippen LogP contribution in [0.15, 0.2) is 5.38 Å². The molecule has 0 saturated carbocycles. The normalized spacial score (nSPS) is 33.0. The predicted octanol–water partition coefficient (Wildman–Crippen LogP) is 2.68. The molecule has 0 bridgehead atoms. The standard InChI is InChI=1S/C14H23N3S/c1-10(2)12-9-18-13(16-12)14(15)5-7-17-6-3-4-11(17)8-14/h9-11H,3-8,15H2,1-2H3. The number of rotatable bonds is 2. The van der Waals surface area contributed by atoms with Gasteiger partial charge in [0, 0.05) is 18.0 Å². The first-order valence-corrected chi connectivity index (χ1v) is 7.95. The molecule has 0 amide bonds. The van der Waals surface area contributed by atoms with Crippen LogP contribution >= 0.6 is 11.3 Å². The molecule has 4 heteroatoms. The van der Waals surface area contributed by atoms with Gasteiger partial charge in [-0.1, -0.05) is 13.8 Å². The van der Waals surface area contributed by atoms with Gasteiger partial charge in [0.2, 0.25) is 0 Å². The maximum atomic E-state index is 6.67. The Labute approximate surface area is 113 Å². The number of piperidine rings is 1. The summed E-state index contributed by atoms with van der Waals surface area (Å²) in [6, 6.07) is 0.704. The van der Waals surface area contributed by atoms with Crippen LogP contribution in [0.2, 0.25) is 0 Å². The van der Waals surface area contributed by atoms with E-state index in [-0.39, 0.29) is 5.54 Å². The lowest BCUT2D eigenvalue weighted by atomic mass is 9.84. The van der Waals surface area contributed by atoms with E-state index in [1.807, 2.05) is 0 Å². The minimum atomic E-state index is -0.163. The molecule has 100 valence electrons. The fraction of sp³-hybridized carbons (Fsp3) is 0.786. The zero-order valence-electron chi connectivity index (χ0n) is 11.4. The number of thiazole rings is 1. The fourth-order valence-corrected chi connectivity index (χ4v) is 4.40. The number of hydrogen-bond acceptors (Lipinski definition) is 4. The molecule has 2 saturated heterocycles. The molecule has 3 rings (SSSR count). The second-order valence-corrected chi connectivity index (χ2v) is 7.03. The quantitative estimate of drug-likeness (QED) is 0.894. The van der Waals surface area contributed by atoms with Crippen LogP contribution in [0.3, 0.4) is 0 Å². The van der Waals surface area contributed by atoms with E-state index in [0.29, 0.717) is 12.0 Å². The first-order valence-electron chi connectivity index (χ1n) is 7.07. The molecule has 2 aliphatic heterocycles. The lowest BCUT2D eigenvalue weighted by Crippen LogP contribution is -2.50. The van der Waals surface area contributed by atoms with Crippen molar-refractivity contribution < 1.29 is 0 Å². The van der Waals surface area contributed by atoms with Gasteiger partial charge in [0.05, 0.1) is 11.2 Å². The monoisotopic (exact) mass is 265 g/mol.